The summed E-state index contributed by atoms with van der Waals surface area (Å²) >= 11 is 0. The highest BCUT2D eigenvalue weighted by Gasteiger charge is 2.39. The van der Waals surface area contributed by atoms with Gasteiger partial charge in [-0.3, -0.25) is 4.79 Å². The topological polar surface area (TPSA) is 70.2 Å². The van der Waals surface area contributed by atoms with E-state index in [4.69, 9.17) is 4.74 Å². The van der Waals surface area contributed by atoms with Gasteiger partial charge in [0, 0.05) is 46.2 Å². The van der Waals surface area contributed by atoms with Gasteiger partial charge in [-0.1, -0.05) is 18.2 Å². The number of hydrogen-bond donors (Lipinski definition) is 0. The Bertz CT molecular complexity index is 675. The molecule has 0 unspecified atom stereocenters. The Balaban J connectivity index is 2.48. The molecule has 1 heterocycles. The molecule has 0 N–H and O–H groups in total. The minimum Gasteiger partial charge on any atom is -0.496 e. The summed E-state index contributed by atoms with van der Waals surface area (Å²) in [6, 6.07) is 6.83. The second kappa shape index (κ2) is 6.86. The first-order valence-electron chi connectivity index (χ1n) is 7.36. The molecule has 1 amide bonds. The highest BCUT2D eigenvalue weighted by atomic mass is 32.2. The summed E-state index contributed by atoms with van der Waals surface area (Å²) in [5.41, 5.74) is 0.756. The van der Waals surface area contributed by atoms with E-state index >= 15 is 0 Å². The van der Waals surface area contributed by atoms with Crippen LogP contribution in [0.15, 0.2) is 24.3 Å². The molecule has 1 aliphatic rings. The van der Waals surface area contributed by atoms with Crippen LogP contribution in [0.2, 0.25) is 0 Å². The van der Waals surface area contributed by atoms with Crippen LogP contribution >= 0.6 is 0 Å². The number of methoxy groups -OCH3 is 1. The molecule has 1 saturated heterocycles. The van der Waals surface area contributed by atoms with Gasteiger partial charge in [-0.05, 0) is 6.07 Å². The van der Waals surface area contributed by atoms with E-state index in [1.54, 1.807) is 18.1 Å². The van der Waals surface area contributed by atoms with E-state index in [-0.39, 0.29) is 12.5 Å². The van der Waals surface area contributed by atoms with Crippen molar-refractivity contribution in [2.75, 3.05) is 40.8 Å². The highest BCUT2D eigenvalue weighted by Crippen LogP contribution is 2.34. The van der Waals surface area contributed by atoms with E-state index < -0.39 is 16.3 Å². The molecule has 8 heteroatoms. The lowest BCUT2D eigenvalue weighted by Gasteiger charge is -2.41. The summed E-state index contributed by atoms with van der Waals surface area (Å²) in [4.78, 5) is 13.4. The third-order valence-corrected chi connectivity index (χ3v) is 5.98. The van der Waals surface area contributed by atoms with E-state index in [0.717, 1.165) is 5.56 Å². The second-order valence-electron chi connectivity index (χ2n) is 5.62. The van der Waals surface area contributed by atoms with Gasteiger partial charge in [-0.2, -0.15) is 17.0 Å². The maximum atomic E-state index is 12.7. The average Bonchev–Trinajstić information content (AvgIpc) is 2.53. The molecule has 128 valence electrons. The third-order valence-electron chi connectivity index (χ3n) is 4.03. The van der Waals surface area contributed by atoms with Crippen molar-refractivity contribution in [2.45, 2.75) is 13.0 Å². The molecule has 1 atom stereocenters. The first kappa shape index (κ1) is 17.7. The van der Waals surface area contributed by atoms with Crippen LogP contribution in [0, 0.1) is 0 Å². The first-order chi connectivity index (χ1) is 10.8. The molecule has 1 aromatic rings. The van der Waals surface area contributed by atoms with Gasteiger partial charge in [0.1, 0.15) is 5.75 Å². The highest BCUT2D eigenvalue weighted by molar-refractivity contribution is 7.86. The van der Waals surface area contributed by atoms with Crippen LogP contribution in [0.25, 0.3) is 0 Å². The van der Waals surface area contributed by atoms with Crippen LogP contribution in [0.5, 0.6) is 5.75 Å². The van der Waals surface area contributed by atoms with E-state index in [2.05, 4.69) is 0 Å². The zero-order chi connectivity index (χ0) is 17.2. The van der Waals surface area contributed by atoms with Gasteiger partial charge in [-0.25, -0.2) is 0 Å². The molecule has 0 bridgehead atoms. The number of rotatable bonds is 4. The predicted octanol–water partition coefficient (Wildman–Crippen LogP) is 0.707. The predicted molar refractivity (Wildman–Crippen MR) is 87.3 cm³/mol. The molecule has 1 aromatic carbocycles. The summed E-state index contributed by atoms with van der Waals surface area (Å²) in [5, 5.41) is 0. The monoisotopic (exact) mass is 341 g/mol. The van der Waals surface area contributed by atoms with E-state index in [0.29, 0.717) is 18.8 Å². The quantitative estimate of drug-likeness (QED) is 0.809. The second-order valence-corrected chi connectivity index (χ2v) is 7.72. The molecule has 0 spiro atoms. The standard InChI is InChI=1S/C15H23N3O4S/c1-12(19)17-9-10-18(23(20,21)16(2)3)14(11-17)13-7-5-6-8-15(13)22-4/h5-8,14H,9-11H2,1-4H3/t14-/m0/s1. The Kier molecular flexibility index (Phi) is 5.28. The normalized spacial score (nSPS) is 19.9. The molecule has 23 heavy (non-hydrogen) atoms. The summed E-state index contributed by atoms with van der Waals surface area (Å²) in [6.45, 7) is 2.44. The molecule has 7 nitrogen and oxygen atoms in total. The van der Waals surface area contributed by atoms with Gasteiger partial charge in [0.05, 0.1) is 13.2 Å². The lowest BCUT2D eigenvalue weighted by atomic mass is 10.0. The summed E-state index contributed by atoms with van der Waals surface area (Å²) in [6.07, 6.45) is 0. The van der Waals surface area contributed by atoms with Crippen molar-refractivity contribution in [3.05, 3.63) is 29.8 Å². The Labute approximate surface area is 137 Å². The fraction of sp³-hybridized carbons (Fsp3) is 0.533. The van der Waals surface area contributed by atoms with Crippen LogP contribution < -0.4 is 4.74 Å². The van der Waals surface area contributed by atoms with Gasteiger partial charge in [0.2, 0.25) is 5.91 Å². The lowest BCUT2D eigenvalue weighted by molar-refractivity contribution is -0.131. The fourth-order valence-corrected chi connectivity index (χ4v) is 3.97. The van der Waals surface area contributed by atoms with Crippen LogP contribution in [0.4, 0.5) is 0 Å². The number of para-hydroxylation sites is 1. The maximum Gasteiger partial charge on any atom is 0.282 e. The van der Waals surface area contributed by atoms with Crippen molar-refractivity contribution in [1.29, 1.82) is 0 Å². The number of nitrogens with zero attached hydrogens (tertiary/aromatic N) is 3. The number of carbonyl (C=O) groups excluding carboxylic acids is 1. The molecule has 1 aliphatic heterocycles. The smallest absolute Gasteiger partial charge is 0.282 e. The zero-order valence-electron chi connectivity index (χ0n) is 13.9. The molecule has 0 saturated carbocycles. The molecule has 0 radical (unpaired) electrons. The van der Waals surface area contributed by atoms with Crippen molar-refractivity contribution in [3.8, 4) is 5.75 Å². The summed E-state index contributed by atoms with van der Waals surface area (Å²) in [5.74, 6) is 0.550. The Morgan fingerprint density at radius 1 is 1.26 bits per heavy atom. The summed E-state index contributed by atoms with van der Waals surface area (Å²) in [7, 11) is 0.964. The van der Waals surface area contributed by atoms with Gasteiger partial charge in [0.25, 0.3) is 10.2 Å². The Hall–Kier alpha value is -1.64. The van der Waals surface area contributed by atoms with E-state index in [9.17, 15) is 13.2 Å². The lowest BCUT2D eigenvalue weighted by Crippen LogP contribution is -2.54. The number of ether oxygens (including phenoxy) is 1. The van der Waals surface area contributed by atoms with E-state index in [1.165, 1.54) is 29.6 Å². The van der Waals surface area contributed by atoms with Gasteiger partial charge in [0.15, 0.2) is 0 Å². The largest absolute Gasteiger partial charge is 0.496 e. The summed E-state index contributed by atoms with van der Waals surface area (Å²) < 4.78 is 33.3. The van der Waals surface area contributed by atoms with Crippen molar-refractivity contribution in [3.63, 3.8) is 0 Å². The molecule has 0 aliphatic carbocycles. The number of benzene rings is 1. The van der Waals surface area contributed by atoms with Crippen LogP contribution in [0.3, 0.4) is 0 Å². The molecule has 2 rings (SSSR count). The number of hydrogen-bond acceptors (Lipinski definition) is 4. The molecule has 1 fully saturated rings. The molecule has 0 aromatic heterocycles. The van der Waals surface area contributed by atoms with Crippen molar-refractivity contribution in [1.82, 2.24) is 13.5 Å². The SMILES string of the molecule is COc1ccccc1[C@@H]1CN(C(C)=O)CCN1S(=O)(=O)N(C)C. The first-order valence-corrected chi connectivity index (χ1v) is 8.76. The Morgan fingerprint density at radius 2 is 1.91 bits per heavy atom. The average molecular weight is 341 g/mol. The zero-order valence-corrected chi connectivity index (χ0v) is 14.7. The fourth-order valence-electron chi connectivity index (χ4n) is 2.73. The number of piperazine rings is 1. The van der Waals surface area contributed by atoms with E-state index in [1.807, 2.05) is 18.2 Å². The van der Waals surface area contributed by atoms with Gasteiger partial charge >= 0.3 is 0 Å². The van der Waals surface area contributed by atoms with Gasteiger partial charge in [-0.15, -0.1) is 0 Å². The maximum absolute atomic E-state index is 12.7. The van der Waals surface area contributed by atoms with Crippen molar-refractivity contribution in [2.24, 2.45) is 0 Å². The van der Waals surface area contributed by atoms with Gasteiger partial charge < -0.3 is 9.64 Å². The Morgan fingerprint density at radius 3 is 2.48 bits per heavy atom. The minimum atomic E-state index is -3.60. The van der Waals surface area contributed by atoms with Crippen molar-refractivity contribution >= 4 is 16.1 Å². The third kappa shape index (κ3) is 3.49. The molecular formula is C15H23N3O4S. The van der Waals surface area contributed by atoms with Crippen molar-refractivity contribution < 1.29 is 17.9 Å². The number of amides is 1. The van der Waals surface area contributed by atoms with Crippen LogP contribution in [-0.2, 0) is 15.0 Å². The minimum absolute atomic E-state index is 0.0631. The number of carbonyl (C=O) groups is 1. The molecular weight excluding hydrogens is 318 g/mol. The van der Waals surface area contributed by atoms with Crippen LogP contribution in [0.1, 0.15) is 18.5 Å². The van der Waals surface area contributed by atoms with Crippen LogP contribution in [-0.4, -0.2) is 68.7 Å².